The van der Waals surface area contributed by atoms with E-state index in [9.17, 15) is 14.0 Å². The maximum absolute atomic E-state index is 13.9. The third-order valence-corrected chi connectivity index (χ3v) is 6.52. The average Bonchev–Trinajstić information content (AvgIpc) is 2.90. The van der Waals surface area contributed by atoms with E-state index in [0.717, 1.165) is 27.5 Å². The lowest BCUT2D eigenvalue weighted by atomic mass is 9.98. The molecule has 4 aromatic carbocycles. The third kappa shape index (κ3) is 7.28. The van der Waals surface area contributed by atoms with Crippen LogP contribution in [0.25, 0.3) is 10.8 Å². The van der Waals surface area contributed by atoms with Crippen molar-refractivity contribution in [2.24, 2.45) is 0 Å². The number of aryl methyl sites for hydroxylation is 1. The van der Waals surface area contributed by atoms with Crippen LogP contribution in [0.1, 0.15) is 43.9 Å². The first kappa shape index (κ1) is 27.1. The third-order valence-electron chi connectivity index (χ3n) is 6.52. The summed E-state index contributed by atoms with van der Waals surface area (Å²) in [5.41, 5.74) is 2.37. The van der Waals surface area contributed by atoms with Crippen molar-refractivity contribution in [2.75, 3.05) is 0 Å². The molecule has 4 nitrogen and oxygen atoms in total. The summed E-state index contributed by atoms with van der Waals surface area (Å²) in [6.45, 7) is 6.00. The first-order valence-corrected chi connectivity index (χ1v) is 13.1. The normalized spacial score (nSPS) is 12.2. The molecular weight excluding hydrogens is 475 g/mol. The van der Waals surface area contributed by atoms with Crippen molar-refractivity contribution in [1.29, 1.82) is 0 Å². The van der Waals surface area contributed by atoms with Gasteiger partial charge < -0.3 is 10.2 Å². The Kier molecular flexibility index (Phi) is 8.57. The first-order valence-electron chi connectivity index (χ1n) is 13.1. The summed E-state index contributed by atoms with van der Waals surface area (Å²) in [6, 6.07) is 29.4. The highest BCUT2D eigenvalue weighted by atomic mass is 19.1. The Hall–Kier alpha value is -3.99. The lowest BCUT2D eigenvalue weighted by Gasteiger charge is -2.34. The zero-order valence-corrected chi connectivity index (χ0v) is 22.3. The molecule has 0 aliphatic carbocycles. The number of nitrogens with one attached hydrogen (secondary N) is 1. The predicted molar refractivity (Wildman–Crippen MR) is 151 cm³/mol. The minimum atomic E-state index is -0.721. The standard InChI is InChI=1S/C33H35FN2O2/c1-33(2,3)35-32(38)30(22-24-10-5-4-6-11-24)36(23-25-16-19-28(34)20-17-25)31(37)21-18-27-14-9-13-26-12-7-8-15-29(26)27/h4-17,19-20,30H,18,21-23H2,1-3H3,(H,35,38)/t30-/m1/s1. The summed E-state index contributed by atoms with van der Waals surface area (Å²) in [5.74, 6) is -0.664. The van der Waals surface area contributed by atoms with Crippen LogP contribution in [-0.4, -0.2) is 28.3 Å². The van der Waals surface area contributed by atoms with Crippen LogP contribution in [0.2, 0.25) is 0 Å². The molecule has 0 saturated carbocycles. The molecule has 0 radical (unpaired) electrons. The van der Waals surface area contributed by atoms with Crippen LogP contribution in [0.3, 0.4) is 0 Å². The van der Waals surface area contributed by atoms with Crippen molar-refractivity contribution in [3.8, 4) is 0 Å². The molecule has 0 bridgehead atoms. The van der Waals surface area contributed by atoms with Crippen molar-refractivity contribution >= 4 is 22.6 Å². The average molecular weight is 511 g/mol. The zero-order valence-electron chi connectivity index (χ0n) is 22.3. The molecule has 4 rings (SSSR count). The molecule has 38 heavy (non-hydrogen) atoms. The second kappa shape index (κ2) is 12.0. The molecule has 0 spiro atoms. The van der Waals surface area contributed by atoms with Gasteiger partial charge in [0.2, 0.25) is 11.8 Å². The van der Waals surface area contributed by atoms with Crippen molar-refractivity contribution in [2.45, 2.75) is 58.2 Å². The molecule has 196 valence electrons. The van der Waals surface area contributed by atoms with Crippen LogP contribution in [0.5, 0.6) is 0 Å². The van der Waals surface area contributed by atoms with Gasteiger partial charge in [0.05, 0.1) is 0 Å². The highest BCUT2D eigenvalue weighted by Crippen LogP contribution is 2.22. The molecule has 0 fully saturated rings. The summed E-state index contributed by atoms with van der Waals surface area (Å²) in [7, 11) is 0. The number of amides is 2. The number of nitrogens with zero attached hydrogens (tertiary/aromatic N) is 1. The molecule has 0 aromatic heterocycles. The summed E-state index contributed by atoms with van der Waals surface area (Å²) in [5, 5.41) is 5.33. The molecule has 0 unspecified atom stereocenters. The van der Waals surface area contributed by atoms with E-state index in [4.69, 9.17) is 0 Å². The summed E-state index contributed by atoms with van der Waals surface area (Å²) >= 11 is 0. The fraction of sp³-hybridized carbons (Fsp3) is 0.273. The molecule has 0 aliphatic rings. The van der Waals surface area contributed by atoms with E-state index < -0.39 is 11.6 Å². The van der Waals surface area contributed by atoms with Gasteiger partial charge in [0, 0.05) is 24.9 Å². The highest BCUT2D eigenvalue weighted by molar-refractivity contribution is 5.89. The molecule has 1 atom stereocenters. The Labute approximate surface area is 224 Å². The number of benzene rings is 4. The van der Waals surface area contributed by atoms with Crippen LogP contribution in [-0.2, 0) is 29.0 Å². The second-order valence-electron chi connectivity index (χ2n) is 10.7. The number of fused-ring (bicyclic) bond motifs is 1. The SMILES string of the molecule is CC(C)(C)NC(=O)[C@@H](Cc1ccccc1)N(Cc1ccc(F)cc1)C(=O)CCc1cccc2ccccc12. The molecule has 5 heteroatoms. The van der Waals surface area contributed by atoms with Gasteiger partial charge in [-0.1, -0.05) is 84.9 Å². The number of hydrogen-bond donors (Lipinski definition) is 1. The van der Waals surface area contributed by atoms with Gasteiger partial charge in [-0.25, -0.2) is 4.39 Å². The van der Waals surface area contributed by atoms with Crippen LogP contribution in [0, 0.1) is 5.82 Å². The van der Waals surface area contributed by atoms with Gasteiger partial charge in [-0.2, -0.15) is 0 Å². The van der Waals surface area contributed by atoms with Crippen molar-refractivity contribution < 1.29 is 14.0 Å². The van der Waals surface area contributed by atoms with E-state index in [1.807, 2.05) is 75.4 Å². The minimum Gasteiger partial charge on any atom is -0.350 e. The zero-order chi connectivity index (χ0) is 27.1. The van der Waals surface area contributed by atoms with Gasteiger partial charge in [-0.3, -0.25) is 9.59 Å². The Bertz CT molecular complexity index is 1370. The van der Waals surface area contributed by atoms with Crippen molar-refractivity contribution in [1.82, 2.24) is 10.2 Å². The Morgan fingerprint density at radius 2 is 1.47 bits per heavy atom. The van der Waals surface area contributed by atoms with Crippen molar-refractivity contribution in [3.05, 3.63) is 120 Å². The van der Waals surface area contributed by atoms with Crippen LogP contribution < -0.4 is 5.32 Å². The second-order valence-corrected chi connectivity index (χ2v) is 10.7. The van der Waals surface area contributed by atoms with Gasteiger partial charge in [-0.15, -0.1) is 0 Å². The van der Waals surface area contributed by atoms with Crippen LogP contribution in [0.4, 0.5) is 4.39 Å². The predicted octanol–water partition coefficient (Wildman–Crippen LogP) is 6.47. The number of carbonyl (C=O) groups excluding carboxylic acids is 2. The first-order chi connectivity index (χ1) is 18.2. The Morgan fingerprint density at radius 1 is 0.816 bits per heavy atom. The number of rotatable bonds is 9. The highest BCUT2D eigenvalue weighted by Gasteiger charge is 2.32. The maximum atomic E-state index is 13.9. The van der Waals surface area contributed by atoms with E-state index in [1.54, 1.807) is 17.0 Å². The van der Waals surface area contributed by atoms with Gasteiger partial charge in [0.25, 0.3) is 0 Å². The smallest absolute Gasteiger partial charge is 0.243 e. The fourth-order valence-corrected chi connectivity index (χ4v) is 4.69. The molecule has 0 heterocycles. The summed E-state index contributed by atoms with van der Waals surface area (Å²) in [4.78, 5) is 29.2. The quantitative estimate of drug-likeness (QED) is 0.281. The Morgan fingerprint density at radius 3 is 2.18 bits per heavy atom. The van der Waals surface area contributed by atoms with E-state index in [2.05, 4.69) is 23.5 Å². The molecule has 0 saturated heterocycles. The number of carbonyl (C=O) groups is 2. The van der Waals surface area contributed by atoms with Gasteiger partial charge in [0.1, 0.15) is 11.9 Å². The Balaban J connectivity index is 1.65. The molecular formula is C33H35FN2O2. The summed E-state index contributed by atoms with van der Waals surface area (Å²) < 4.78 is 13.6. The lowest BCUT2D eigenvalue weighted by Crippen LogP contribution is -2.54. The van der Waals surface area contributed by atoms with E-state index >= 15 is 0 Å². The maximum Gasteiger partial charge on any atom is 0.243 e. The lowest BCUT2D eigenvalue weighted by molar-refractivity contribution is -0.141. The van der Waals surface area contributed by atoms with E-state index in [-0.39, 0.29) is 30.6 Å². The van der Waals surface area contributed by atoms with Crippen molar-refractivity contribution in [3.63, 3.8) is 0 Å². The van der Waals surface area contributed by atoms with E-state index in [1.165, 1.54) is 12.1 Å². The summed E-state index contributed by atoms with van der Waals surface area (Å²) in [6.07, 6.45) is 1.19. The van der Waals surface area contributed by atoms with Crippen LogP contribution in [0.15, 0.2) is 97.1 Å². The fourth-order valence-electron chi connectivity index (χ4n) is 4.69. The monoisotopic (exact) mass is 510 g/mol. The van der Waals surface area contributed by atoms with Gasteiger partial charge >= 0.3 is 0 Å². The van der Waals surface area contributed by atoms with E-state index in [0.29, 0.717) is 12.8 Å². The topological polar surface area (TPSA) is 49.4 Å². The number of hydrogen-bond acceptors (Lipinski definition) is 2. The molecule has 4 aromatic rings. The minimum absolute atomic E-state index is 0.118. The largest absolute Gasteiger partial charge is 0.350 e. The van der Waals surface area contributed by atoms with Gasteiger partial charge in [-0.05, 0) is 66.8 Å². The molecule has 0 aliphatic heterocycles. The number of halogens is 1. The van der Waals surface area contributed by atoms with Gasteiger partial charge in [0.15, 0.2) is 0 Å². The molecule has 1 N–H and O–H groups in total. The van der Waals surface area contributed by atoms with Crippen LogP contribution >= 0.6 is 0 Å². The molecule has 2 amide bonds.